The summed E-state index contributed by atoms with van der Waals surface area (Å²) in [5.41, 5.74) is 0. The van der Waals surface area contributed by atoms with Gasteiger partial charge in [0.05, 0.1) is 0 Å². The molecule has 0 bridgehead atoms. The third-order valence-corrected chi connectivity index (χ3v) is 7.43. The van der Waals surface area contributed by atoms with Gasteiger partial charge in [0.2, 0.25) is 0 Å². The molecule has 0 aliphatic heterocycles. The summed E-state index contributed by atoms with van der Waals surface area (Å²) in [5.74, 6) is 0. The average Bonchev–Trinajstić information content (AvgIpc) is 3.05. The Morgan fingerprint density at radius 2 is 0.440 bits per heavy atom. The second-order valence-corrected chi connectivity index (χ2v) is 11.8. The van der Waals surface area contributed by atoms with Crippen molar-refractivity contribution in [2.75, 3.05) is 55.4 Å². The van der Waals surface area contributed by atoms with E-state index < -0.39 is 13.7 Å². The predicted molar refractivity (Wildman–Crippen MR) is 208 cm³/mol. The largest absolute Gasteiger partial charge is 1.00 e. The van der Waals surface area contributed by atoms with Crippen LogP contribution in [-0.4, -0.2) is 55.4 Å². The summed E-state index contributed by atoms with van der Waals surface area (Å²) in [6.45, 7) is 4.19. The molecule has 0 amide bonds. The molecule has 0 spiro atoms. The number of rotatable bonds is 4. The maximum atomic E-state index is 10.5. The zero-order chi connectivity index (χ0) is 36.3. The fourth-order valence-corrected chi connectivity index (χ4v) is 4.45. The summed E-state index contributed by atoms with van der Waals surface area (Å²) in [6, 6.07) is 0. The Balaban J connectivity index is -0.000000113. The first-order valence-corrected chi connectivity index (χ1v) is 19.3. The van der Waals surface area contributed by atoms with Gasteiger partial charge in [-0.1, -0.05) is 100.0 Å². The highest BCUT2D eigenvalue weighted by Gasteiger charge is 1.92. The molecule has 4 rings (SSSR count). The maximum Gasteiger partial charge on any atom is 0.187 e. The number of hydrogen-bond acceptors (Lipinski definition) is 4. The van der Waals surface area contributed by atoms with Gasteiger partial charge in [0, 0.05) is 41.7 Å². The average molecular weight is 723 g/mol. The molecule has 304 valence electrons. The van der Waals surface area contributed by atoms with Crippen LogP contribution in [0.1, 0.15) is 168 Å². The first kappa shape index (κ1) is 60.6. The third kappa shape index (κ3) is 80.9. The number of hydrogen-bond donors (Lipinski definition) is 0. The van der Waals surface area contributed by atoms with Crippen LogP contribution in [0.3, 0.4) is 0 Å². The second-order valence-electron chi connectivity index (χ2n) is 11.8. The first-order chi connectivity index (χ1) is 23.7. The number of allylic oxidation sites excluding steroid dienone is 8. The molecule has 50 heavy (non-hydrogen) atoms. The fraction of sp³-hybridized carbons (Fsp3) is 0.810. The van der Waals surface area contributed by atoms with E-state index in [9.17, 15) is 8.78 Å². The molecule has 0 aromatic rings. The lowest BCUT2D eigenvalue weighted by molar-refractivity contribution is -0.00100. The van der Waals surface area contributed by atoms with Crippen LogP contribution in [0.4, 0.5) is 8.78 Å². The molecule has 0 saturated heterocycles. The molecule has 0 unspecified atom stereocenters. The van der Waals surface area contributed by atoms with E-state index in [1.165, 1.54) is 168 Å². The van der Waals surface area contributed by atoms with Gasteiger partial charge in [-0.25, -0.2) is 8.78 Å². The molecular weight excluding hydrogens is 640 g/mol. The Morgan fingerprint density at radius 1 is 0.320 bits per heavy atom. The highest BCUT2D eigenvalue weighted by Crippen LogP contribution is 2.12. The summed E-state index contributed by atoms with van der Waals surface area (Å²) >= 11 is 0. The van der Waals surface area contributed by atoms with Crippen molar-refractivity contribution in [3.63, 3.8) is 0 Å². The highest BCUT2D eigenvalue weighted by molar-refractivity contribution is 4.84. The highest BCUT2D eigenvalue weighted by atomic mass is 18.2. The lowest BCUT2D eigenvalue weighted by Gasteiger charge is -2.00. The van der Waals surface area contributed by atoms with E-state index in [0.717, 1.165) is 13.2 Å². The first-order valence-electron chi connectivity index (χ1n) is 19.3. The van der Waals surface area contributed by atoms with Gasteiger partial charge in [0.1, 0.15) is 0 Å². The van der Waals surface area contributed by atoms with Gasteiger partial charge in [-0.05, 0) is 117 Å². The van der Waals surface area contributed by atoms with Crippen LogP contribution < -0.4 is 9.41 Å². The Bertz CT molecular complexity index is 465. The van der Waals surface area contributed by atoms with Crippen LogP contribution in [0.25, 0.3) is 0 Å². The van der Waals surface area contributed by atoms with Gasteiger partial charge in [0.15, 0.2) is 13.7 Å². The van der Waals surface area contributed by atoms with E-state index in [1.54, 1.807) is 14.2 Å². The number of alkyl halides is 2. The van der Waals surface area contributed by atoms with E-state index in [0.29, 0.717) is 0 Å². The lowest BCUT2D eigenvalue weighted by Crippen LogP contribution is -3.00. The van der Waals surface area contributed by atoms with Crippen molar-refractivity contribution in [1.29, 1.82) is 0 Å². The van der Waals surface area contributed by atoms with E-state index in [2.05, 4.69) is 67.6 Å². The third-order valence-electron chi connectivity index (χ3n) is 7.43. The number of ether oxygens (including phenoxy) is 4. The van der Waals surface area contributed by atoms with E-state index >= 15 is 0 Å². The molecule has 0 saturated carbocycles. The van der Waals surface area contributed by atoms with Crippen LogP contribution in [0, 0.1) is 0 Å². The van der Waals surface area contributed by atoms with Gasteiger partial charge in [0.25, 0.3) is 0 Å². The minimum absolute atomic E-state index is 0. The topological polar surface area (TPSA) is 36.9 Å². The van der Waals surface area contributed by atoms with Crippen LogP contribution in [0.5, 0.6) is 0 Å². The summed E-state index contributed by atoms with van der Waals surface area (Å²) in [7, 11) is 5.97. The van der Waals surface area contributed by atoms with Crippen molar-refractivity contribution < 1.29 is 37.1 Å². The van der Waals surface area contributed by atoms with Crippen LogP contribution in [0.15, 0.2) is 48.6 Å². The van der Waals surface area contributed by atoms with Crippen molar-refractivity contribution in [1.82, 2.24) is 0 Å². The summed E-state index contributed by atoms with van der Waals surface area (Å²) in [4.78, 5) is 0. The predicted octanol–water partition coefficient (Wildman–Crippen LogP) is 8.02. The summed E-state index contributed by atoms with van der Waals surface area (Å²) in [5, 5.41) is 0. The molecule has 8 heteroatoms. The normalized spacial score (nSPS) is 16.5. The Hall–Kier alpha value is -1.48. The van der Waals surface area contributed by atoms with Crippen LogP contribution in [-0.2, 0) is 18.9 Å². The van der Waals surface area contributed by atoms with Gasteiger partial charge < -0.3 is 28.4 Å². The molecule has 0 radical (unpaired) electrons. The van der Waals surface area contributed by atoms with Crippen LogP contribution in [0.2, 0.25) is 0 Å². The standard InChI is InChI=1S/4C8H14.2C3H8O.2C2H5FO.2FH/c4*1-2-4-6-8-7-5-3-1;2*1-3-4-2;2*1-4-2-3;;/h4*1-2H,3-8H2;2*3H2,1-2H3;2*2H2,1H3;2*1H/p-2/i;;;;;;2*3-1;2*1-1. The van der Waals surface area contributed by atoms with Crippen molar-refractivity contribution >= 4 is 0 Å². The number of halogens is 4. The van der Waals surface area contributed by atoms with Crippen molar-refractivity contribution in [3.8, 4) is 0 Å². The SMILES string of the molecule is C1=CCCCCCC1.C1=CCCCCCC1.C1=CCCCCCC1.C1=CCCCCCC1.CCOC.CCOC.COC[18F].COC[18F].[18F-].[18F-]. The summed E-state index contributed by atoms with van der Waals surface area (Å²) < 4.78 is 37.8. The zero-order valence-electron chi connectivity index (χ0n) is 33.6. The number of methoxy groups -OCH3 is 4. The van der Waals surface area contributed by atoms with E-state index in [1.807, 2.05) is 13.8 Å². The molecule has 4 nitrogen and oxygen atoms in total. The maximum absolute atomic E-state index is 10.5. The second kappa shape index (κ2) is 69.3. The lowest BCUT2D eigenvalue weighted by atomic mass is 10.1. The molecule has 0 aromatic carbocycles. The smallest absolute Gasteiger partial charge is 0.187 e. The van der Waals surface area contributed by atoms with Gasteiger partial charge in [-0.2, -0.15) is 0 Å². The molecule has 4 aliphatic rings. The zero-order valence-corrected chi connectivity index (χ0v) is 33.6. The van der Waals surface area contributed by atoms with Gasteiger partial charge in [-0.15, -0.1) is 0 Å². The van der Waals surface area contributed by atoms with Crippen LogP contribution >= 0.6 is 0 Å². The van der Waals surface area contributed by atoms with E-state index in [-0.39, 0.29) is 9.41 Å². The Labute approximate surface area is 308 Å². The quantitative estimate of drug-likeness (QED) is 0.218. The molecule has 4 aliphatic carbocycles. The van der Waals surface area contributed by atoms with Crippen molar-refractivity contribution in [2.24, 2.45) is 0 Å². The molecule has 0 N–H and O–H groups in total. The van der Waals surface area contributed by atoms with E-state index in [4.69, 9.17) is 0 Å². The Kier molecular flexibility index (Phi) is 84.0. The monoisotopic (exact) mass is 723 g/mol. The minimum Gasteiger partial charge on any atom is -1.00 e. The van der Waals surface area contributed by atoms with Crippen molar-refractivity contribution in [3.05, 3.63) is 48.6 Å². The molecule has 0 atom stereocenters. The Morgan fingerprint density at radius 3 is 0.520 bits per heavy atom. The molecular formula is C42H82F4O4-2. The van der Waals surface area contributed by atoms with Crippen molar-refractivity contribution in [2.45, 2.75) is 168 Å². The minimum atomic E-state index is -0.681. The summed E-state index contributed by atoms with van der Waals surface area (Å²) in [6.07, 6.45) is 52.0. The molecule has 0 heterocycles. The fourth-order valence-electron chi connectivity index (χ4n) is 4.45. The molecule has 0 fully saturated rings. The van der Waals surface area contributed by atoms with Gasteiger partial charge >= 0.3 is 0 Å². The van der Waals surface area contributed by atoms with Gasteiger partial charge in [-0.3, -0.25) is 0 Å². The molecule has 0 aromatic heterocycles.